The van der Waals surface area contributed by atoms with Gasteiger partial charge in [-0.05, 0) is 55.2 Å². The summed E-state index contributed by atoms with van der Waals surface area (Å²) in [6, 6.07) is 24.5. The van der Waals surface area contributed by atoms with Crippen molar-refractivity contribution in [3.63, 3.8) is 0 Å². The van der Waals surface area contributed by atoms with Crippen LogP contribution in [0.3, 0.4) is 0 Å². The fourth-order valence-electron chi connectivity index (χ4n) is 3.91. The molecule has 4 nitrogen and oxygen atoms in total. The number of nitrogens with zero attached hydrogens (tertiary/aromatic N) is 1. The van der Waals surface area contributed by atoms with Crippen LogP contribution in [-0.2, 0) is 9.84 Å². The van der Waals surface area contributed by atoms with E-state index in [0.29, 0.717) is 36.4 Å². The smallest absolute Gasteiger partial charge is 0.253 e. The molecule has 0 aliphatic carbocycles. The molecule has 0 N–H and O–H groups in total. The first-order chi connectivity index (χ1) is 14.4. The van der Waals surface area contributed by atoms with Crippen LogP contribution < -0.4 is 0 Å². The van der Waals surface area contributed by atoms with E-state index < -0.39 is 15.1 Å². The highest BCUT2D eigenvalue weighted by atomic mass is 32.2. The fourth-order valence-corrected chi connectivity index (χ4v) is 5.66. The van der Waals surface area contributed by atoms with Crippen molar-refractivity contribution in [2.75, 3.05) is 13.1 Å². The second-order valence-corrected chi connectivity index (χ2v) is 10.0. The van der Waals surface area contributed by atoms with Gasteiger partial charge in [-0.3, -0.25) is 4.79 Å². The number of carbonyl (C=O) groups excluding carboxylic acids is 1. The molecule has 5 heteroatoms. The van der Waals surface area contributed by atoms with Crippen molar-refractivity contribution in [2.24, 2.45) is 0 Å². The molecule has 1 saturated heterocycles. The number of hydrogen-bond donors (Lipinski definition) is 0. The van der Waals surface area contributed by atoms with E-state index in [9.17, 15) is 13.2 Å². The van der Waals surface area contributed by atoms with Crippen LogP contribution in [0.2, 0.25) is 0 Å². The third-order valence-electron chi connectivity index (χ3n) is 5.76. The van der Waals surface area contributed by atoms with Gasteiger partial charge in [-0.2, -0.15) is 0 Å². The van der Waals surface area contributed by atoms with Gasteiger partial charge in [0.05, 0.1) is 10.1 Å². The molecule has 3 aromatic rings. The summed E-state index contributed by atoms with van der Waals surface area (Å²) in [5.74, 6) is -0.0407. The maximum absolute atomic E-state index is 12.9. The van der Waals surface area contributed by atoms with Gasteiger partial charge >= 0.3 is 0 Å². The van der Waals surface area contributed by atoms with Gasteiger partial charge in [-0.25, -0.2) is 8.42 Å². The molecule has 0 bridgehead atoms. The van der Waals surface area contributed by atoms with Crippen LogP contribution in [-0.4, -0.2) is 37.6 Å². The van der Waals surface area contributed by atoms with Gasteiger partial charge in [0.2, 0.25) is 0 Å². The van der Waals surface area contributed by atoms with E-state index in [-0.39, 0.29) is 5.91 Å². The lowest BCUT2D eigenvalue weighted by atomic mass is 10.0. The topological polar surface area (TPSA) is 54.5 Å². The minimum atomic E-state index is -3.35. The number of rotatable bonds is 4. The number of sulfone groups is 1. The third kappa shape index (κ3) is 4.17. The van der Waals surface area contributed by atoms with Crippen molar-refractivity contribution in [1.29, 1.82) is 0 Å². The maximum atomic E-state index is 12.9. The summed E-state index contributed by atoms with van der Waals surface area (Å²) >= 11 is 0. The summed E-state index contributed by atoms with van der Waals surface area (Å²) in [5, 5.41) is -0.437. The number of hydrogen-bond acceptors (Lipinski definition) is 3. The highest BCUT2D eigenvalue weighted by molar-refractivity contribution is 7.92. The van der Waals surface area contributed by atoms with E-state index in [1.54, 1.807) is 29.2 Å². The highest BCUT2D eigenvalue weighted by Crippen LogP contribution is 2.26. The molecular formula is C25H25NO3S. The number of piperidine rings is 1. The van der Waals surface area contributed by atoms with Crippen LogP contribution in [0, 0.1) is 6.92 Å². The Bertz CT molecular complexity index is 1110. The van der Waals surface area contributed by atoms with Crippen LogP contribution in [0.15, 0.2) is 83.8 Å². The lowest BCUT2D eigenvalue weighted by molar-refractivity contribution is 0.0725. The Morgan fingerprint density at radius 1 is 0.800 bits per heavy atom. The average Bonchev–Trinajstić information content (AvgIpc) is 2.80. The van der Waals surface area contributed by atoms with Gasteiger partial charge in [-0.1, -0.05) is 60.2 Å². The molecule has 30 heavy (non-hydrogen) atoms. The number of benzene rings is 3. The van der Waals surface area contributed by atoms with Crippen molar-refractivity contribution in [2.45, 2.75) is 29.9 Å². The first-order valence-corrected chi connectivity index (χ1v) is 11.7. The normalized spacial score (nSPS) is 15.2. The van der Waals surface area contributed by atoms with Crippen LogP contribution in [0.5, 0.6) is 0 Å². The summed E-state index contributed by atoms with van der Waals surface area (Å²) < 4.78 is 25.6. The van der Waals surface area contributed by atoms with Crippen molar-refractivity contribution >= 4 is 15.7 Å². The minimum absolute atomic E-state index is 0.0407. The lowest BCUT2D eigenvalue weighted by Gasteiger charge is -2.31. The van der Waals surface area contributed by atoms with E-state index >= 15 is 0 Å². The van der Waals surface area contributed by atoms with Gasteiger partial charge in [0.15, 0.2) is 9.84 Å². The fraction of sp³-hybridized carbons (Fsp3) is 0.240. The van der Waals surface area contributed by atoms with Crippen LogP contribution in [0.4, 0.5) is 0 Å². The molecule has 4 rings (SSSR count). The molecule has 0 unspecified atom stereocenters. The SMILES string of the molecule is Cc1ccc(-c2ccc(C(=O)N3CCC(S(=O)(=O)c4ccccc4)CC3)cc2)cc1. The second kappa shape index (κ2) is 8.44. The maximum Gasteiger partial charge on any atom is 0.253 e. The Morgan fingerprint density at radius 2 is 1.33 bits per heavy atom. The largest absolute Gasteiger partial charge is 0.339 e. The molecule has 1 heterocycles. The van der Waals surface area contributed by atoms with Gasteiger partial charge in [0.25, 0.3) is 5.91 Å². The van der Waals surface area contributed by atoms with E-state index in [4.69, 9.17) is 0 Å². The van der Waals surface area contributed by atoms with Crippen molar-refractivity contribution in [1.82, 2.24) is 4.90 Å². The Morgan fingerprint density at radius 3 is 1.90 bits per heavy atom. The first-order valence-electron chi connectivity index (χ1n) is 10.2. The Labute approximate surface area is 178 Å². The van der Waals surface area contributed by atoms with Crippen molar-refractivity contribution in [3.05, 3.63) is 90.0 Å². The van der Waals surface area contributed by atoms with Gasteiger partial charge in [0.1, 0.15) is 0 Å². The molecule has 0 aromatic heterocycles. The predicted molar refractivity (Wildman–Crippen MR) is 119 cm³/mol. The summed E-state index contributed by atoms with van der Waals surface area (Å²) in [4.78, 5) is 15.0. The van der Waals surface area contributed by atoms with Crippen LogP contribution in [0.1, 0.15) is 28.8 Å². The Kier molecular flexibility index (Phi) is 5.73. The van der Waals surface area contributed by atoms with E-state index in [1.807, 2.05) is 30.3 Å². The van der Waals surface area contributed by atoms with E-state index in [1.165, 1.54) is 5.56 Å². The number of aryl methyl sites for hydroxylation is 1. The van der Waals surface area contributed by atoms with Crippen LogP contribution in [0.25, 0.3) is 11.1 Å². The molecule has 0 saturated carbocycles. The summed E-state index contributed by atoms with van der Waals surface area (Å²) in [6.45, 7) is 2.96. The molecule has 0 atom stereocenters. The molecular weight excluding hydrogens is 394 g/mol. The second-order valence-electron chi connectivity index (χ2n) is 7.79. The highest BCUT2D eigenvalue weighted by Gasteiger charge is 2.32. The third-order valence-corrected chi connectivity index (χ3v) is 8.03. The molecule has 0 radical (unpaired) electrons. The molecule has 1 aliphatic rings. The molecule has 1 fully saturated rings. The predicted octanol–water partition coefficient (Wildman–Crippen LogP) is 4.74. The zero-order valence-corrected chi connectivity index (χ0v) is 17.8. The van der Waals surface area contributed by atoms with Crippen molar-refractivity contribution < 1.29 is 13.2 Å². The first kappa shape index (κ1) is 20.4. The molecule has 1 amide bonds. The number of carbonyl (C=O) groups is 1. The lowest BCUT2D eigenvalue weighted by Crippen LogP contribution is -2.42. The van der Waals surface area contributed by atoms with Gasteiger partial charge in [-0.15, -0.1) is 0 Å². The standard InChI is InChI=1S/C25H25NO3S/c1-19-7-9-20(10-8-19)21-11-13-22(14-12-21)25(27)26-17-15-24(16-18-26)30(28,29)23-5-3-2-4-6-23/h2-14,24H,15-18H2,1H3. The summed E-state index contributed by atoms with van der Waals surface area (Å²) in [5.41, 5.74) is 4.03. The quantitative estimate of drug-likeness (QED) is 0.614. The molecule has 3 aromatic carbocycles. The zero-order chi connectivity index (χ0) is 21.1. The summed E-state index contributed by atoms with van der Waals surface area (Å²) in [6.07, 6.45) is 0.925. The van der Waals surface area contributed by atoms with Gasteiger partial charge < -0.3 is 4.90 Å². The van der Waals surface area contributed by atoms with Crippen molar-refractivity contribution in [3.8, 4) is 11.1 Å². The van der Waals surface area contributed by atoms with Gasteiger partial charge in [0, 0.05) is 18.7 Å². The molecule has 1 aliphatic heterocycles. The average molecular weight is 420 g/mol. The number of likely N-dealkylation sites (tertiary alicyclic amines) is 1. The van der Waals surface area contributed by atoms with E-state index in [2.05, 4.69) is 31.2 Å². The Hall–Kier alpha value is -2.92. The minimum Gasteiger partial charge on any atom is -0.339 e. The number of amides is 1. The monoisotopic (exact) mass is 419 g/mol. The van der Waals surface area contributed by atoms with Crippen LogP contribution >= 0.6 is 0 Å². The van der Waals surface area contributed by atoms with E-state index in [0.717, 1.165) is 11.1 Å². The molecule has 0 spiro atoms. The summed E-state index contributed by atoms with van der Waals surface area (Å²) in [7, 11) is -3.35. The molecule has 154 valence electrons. The Balaban J connectivity index is 1.41. The zero-order valence-electron chi connectivity index (χ0n) is 17.0.